The van der Waals surface area contributed by atoms with Gasteiger partial charge in [0, 0.05) is 6.04 Å². The molecule has 3 nitrogen and oxygen atoms in total. The number of ether oxygens (including phenoxy) is 2. The van der Waals surface area contributed by atoms with E-state index in [1.807, 2.05) is 20.9 Å². The first-order chi connectivity index (χ1) is 5.62. The summed E-state index contributed by atoms with van der Waals surface area (Å²) in [5, 5.41) is 3.27. The van der Waals surface area contributed by atoms with Crippen molar-refractivity contribution < 1.29 is 9.47 Å². The van der Waals surface area contributed by atoms with Gasteiger partial charge in [-0.05, 0) is 33.7 Å². The van der Waals surface area contributed by atoms with E-state index in [4.69, 9.17) is 9.47 Å². The lowest BCUT2D eigenvalue weighted by Crippen LogP contribution is -2.37. The van der Waals surface area contributed by atoms with E-state index in [9.17, 15) is 0 Å². The molecule has 3 atom stereocenters. The molecule has 1 aliphatic carbocycles. The maximum atomic E-state index is 5.79. The fraction of sp³-hybridized carbons (Fsp3) is 1.00. The predicted octanol–water partition coefficient (Wildman–Crippen LogP) is 0.888. The van der Waals surface area contributed by atoms with Crippen LogP contribution >= 0.6 is 0 Å². The van der Waals surface area contributed by atoms with Crippen molar-refractivity contribution in [2.24, 2.45) is 0 Å². The Morgan fingerprint density at radius 3 is 2.67 bits per heavy atom. The molecule has 3 heteroatoms. The first-order valence-corrected chi connectivity index (χ1v) is 4.65. The Balaban J connectivity index is 2.06. The molecule has 1 N–H and O–H groups in total. The second-order valence-electron chi connectivity index (χ2n) is 4.11. The summed E-state index contributed by atoms with van der Waals surface area (Å²) in [6.45, 7) is 3.97. The number of fused-ring (bicyclic) bond motifs is 1. The molecule has 0 aromatic carbocycles. The minimum Gasteiger partial charge on any atom is -0.345 e. The topological polar surface area (TPSA) is 30.5 Å². The molecule has 2 fully saturated rings. The molecule has 2 rings (SSSR count). The van der Waals surface area contributed by atoms with Gasteiger partial charge in [-0.3, -0.25) is 0 Å². The second kappa shape index (κ2) is 2.69. The molecule has 0 amide bonds. The highest BCUT2D eigenvalue weighted by molar-refractivity contribution is 4.96. The monoisotopic (exact) mass is 171 g/mol. The van der Waals surface area contributed by atoms with Crippen LogP contribution in [0.15, 0.2) is 0 Å². The van der Waals surface area contributed by atoms with E-state index in [-0.39, 0.29) is 11.9 Å². The van der Waals surface area contributed by atoms with Crippen molar-refractivity contribution >= 4 is 0 Å². The zero-order chi connectivity index (χ0) is 8.77. The van der Waals surface area contributed by atoms with Crippen molar-refractivity contribution in [1.29, 1.82) is 0 Å². The summed E-state index contributed by atoms with van der Waals surface area (Å²) in [5.41, 5.74) is 0. The summed E-state index contributed by atoms with van der Waals surface area (Å²) in [4.78, 5) is 0. The molecule has 12 heavy (non-hydrogen) atoms. The van der Waals surface area contributed by atoms with Crippen molar-refractivity contribution in [3.8, 4) is 0 Å². The number of hydrogen-bond acceptors (Lipinski definition) is 3. The van der Waals surface area contributed by atoms with Gasteiger partial charge >= 0.3 is 0 Å². The van der Waals surface area contributed by atoms with Crippen LogP contribution in [0.2, 0.25) is 0 Å². The molecule has 1 heterocycles. The summed E-state index contributed by atoms with van der Waals surface area (Å²) in [5.74, 6) is -0.370. The highest BCUT2D eigenvalue weighted by atomic mass is 16.8. The van der Waals surface area contributed by atoms with Crippen LogP contribution in [0.25, 0.3) is 0 Å². The highest BCUT2D eigenvalue weighted by Crippen LogP contribution is 2.37. The van der Waals surface area contributed by atoms with E-state index in [0.29, 0.717) is 12.1 Å². The van der Waals surface area contributed by atoms with Gasteiger partial charge in [-0.1, -0.05) is 0 Å². The Labute approximate surface area is 73.4 Å². The highest BCUT2D eigenvalue weighted by Gasteiger charge is 2.48. The Bertz CT molecular complexity index is 181. The fourth-order valence-electron chi connectivity index (χ4n) is 2.24. The van der Waals surface area contributed by atoms with Crippen molar-refractivity contribution in [3.05, 3.63) is 0 Å². The van der Waals surface area contributed by atoms with Crippen LogP contribution in [-0.2, 0) is 9.47 Å². The molecule has 2 aliphatic rings. The van der Waals surface area contributed by atoms with Gasteiger partial charge in [0.1, 0.15) is 6.10 Å². The van der Waals surface area contributed by atoms with Gasteiger partial charge in [0.05, 0.1) is 6.10 Å². The van der Waals surface area contributed by atoms with Gasteiger partial charge in [0.15, 0.2) is 5.79 Å². The van der Waals surface area contributed by atoms with Crippen LogP contribution in [0, 0.1) is 0 Å². The quantitative estimate of drug-likeness (QED) is 0.635. The maximum absolute atomic E-state index is 5.79. The lowest BCUT2D eigenvalue weighted by molar-refractivity contribution is -0.153. The third-order valence-electron chi connectivity index (χ3n) is 2.75. The second-order valence-corrected chi connectivity index (χ2v) is 4.11. The SMILES string of the molecule is CNC1CCC2OC(C)(C)OC12. The maximum Gasteiger partial charge on any atom is 0.163 e. The molecule has 0 bridgehead atoms. The van der Waals surface area contributed by atoms with Gasteiger partial charge < -0.3 is 14.8 Å². The van der Waals surface area contributed by atoms with Gasteiger partial charge in [-0.15, -0.1) is 0 Å². The van der Waals surface area contributed by atoms with Crippen LogP contribution in [0.4, 0.5) is 0 Å². The third kappa shape index (κ3) is 1.26. The average molecular weight is 171 g/mol. The minimum absolute atomic E-state index is 0.269. The zero-order valence-electron chi connectivity index (χ0n) is 7.96. The Morgan fingerprint density at radius 1 is 1.25 bits per heavy atom. The Hall–Kier alpha value is -0.120. The molecule has 0 aromatic heterocycles. The summed E-state index contributed by atoms with van der Waals surface area (Å²) in [6, 6.07) is 0.483. The summed E-state index contributed by atoms with van der Waals surface area (Å²) in [7, 11) is 1.99. The predicted molar refractivity (Wildman–Crippen MR) is 45.9 cm³/mol. The first kappa shape index (κ1) is 8.48. The normalized spacial score (nSPS) is 44.8. The molecule has 0 radical (unpaired) electrons. The van der Waals surface area contributed by atoms with Gasteiger partial charge in [-0.25, -0.2) is 0 Å². The smallest absolute Gasteiger partial charge is 0.163 e. The molecule has 0 spiro atoms. The molecular formula is C9H17NO2. The van der Waals surface area contributed by atoms with E-state index in [1.165, 1.54) is 6.42 Å². The number of nitrogens with one attached hydrogen (secondary N) is 1. The van der Waals surface area contributed by atoms with Gasteiger partial charge in [0.2, 0.25) is 0 Å². The van der Waals surface area contributed by atoms with Crippen LogP contribution in [0.5, 0.6) is 0 Å². The fourth-order valence-corrected chi connectivity index (χ4v) is 2.24. The van der Waals surface area contributed by atoms with E-state index in [1.54, 1.807) is 0 Å². The summed E-state index contributed by atoms with van der Waals surface area (Å²) < 4.78 is 11.5. The number of rotatable bonds is 1. The van der Waals surface area contributed by atoms with Crippen molar-refractivity contribution in [2.45, 2.75) is 50.7 Å². The van der Waals surface area contributed by atoms with Crippen LogP contribution < -0.4 is 5.32 Å². The van der Waals surface area contributed by atoms with Crippen molar-refractivity contribution in [3.63, 3.8) is 0 Å². The van der Waals surface area contributed by atoms with Crippen molar-refractivity contribution in [2.75, 3.05) is 7.05 Å². The molecule has 1 aliphatic heterocycles. The van der Waals surface area contributed by atoms with E-state index < -0.39 is 0 Å². The van der Waals surface area contributed by atoms with E-state index >= 15 is 0 Å². The molecule has 70 valence electrons. The lowest BCUT2D eigenvalue weighted by Gasteiger charge is -2.21. The molecular weight excluding hydrogens is 154 g/mol. The van der Waals surface area contributed by atoms with Crippen LogP contribution in [-0.4, -0.2) is 31.1 Å². The molecule has 1 saturated carbocycles. The number of likely N-dealkylation sites (N-methyl/N-ethyl adjacent to an activating group) is 1. The average Bonchev–Trinajstić information content (AvgIpc) is 2.42. The van der Waals surface area contributed by atoms with Crippen LogP contribution in [0.3, 0.4) is 0 Å². The standard InChI is InChI=1S/C9H17NO2/c1-9(2)11-7-5-4-6(10-3)8(7)12-9/h6-8,10H,4-5H2,1-3H3. The summed E-state index contributed by atoms with van der Waals surface area (Å²) >= 11 is 0. The molecule has 3 unspecified atom stereocenters. The van der Waals surface area contributed by atoms with Crippen LogP contribution in [0.1, 0.15) is 26.7 Å². The Morgan fingerprint density at radius 2 is 2.00 bits per heavy atom. The first-order valence-electron chi connectivity index (χ1n) is 4.65. The Kier molecular flexibility index (Phi) is 1.90. The van der Waals surface area contributed by atoms with Gasteiger partial charge in [0.25, 0.3) is 0 Å². The third-order valence-corrected chi connectivity index (χ3v) is 2.75. The largest absolute Gasteiger partial charge is 0.345 e. The van der Waals surface area contributed by atoms with E-state index in [2.05, 4.69) is 5.32 Å². The zero-order valence-corrected chi connectivity index (χ0v) is 7.96. The summed E-state index contributed by atoms with van der Waals surface area (Å²) in [6.07, 6.45) is 2.88. The van der Waals surface area contributed by atoms with Crippen molar-refractivity contribution in [1.82, 2.24) is 5.32 Å². The minimum atomic E-state index is -0.370. The van der Waals surface area contributed by atoms with Gasteiger partial charge in [-0.2, -0.15) is 0 Å². The van der Waals surface area contributed by atoms with E-state index in [0.717, 1.165) is 6.42 Å². The lowest BCUT2D eigenvalue weighted by atomic mass is 10.2. The molecule has 1 saturated heterocycles. The number of hydrogen-bond donors (Lipinski definition) is 1. The molecule has 0 aromatic rings.